The quantitative estimate of drug-likeness (QED) is 0.832. The molecule has 6 nitrogen and oxygen atoms in total. The van der Waals surface area contributed by atoms with E-state index >= 15 is 0 Å². The molecule has 0 spiro atoms. The number of nitrogens with one attached hydrogen (secondary N) is 1. The number of hydrogen-bond acceptors (Lipinski definition) is 3. The fraction of sp³-hybridized carbons (Fsp3) is 0.100. The highest BCUT2D eigenvalue weighted by Gasteiger charge is 2.03. The maximum atomic E-state index is 10.9. The molecule has 17 heavy (non-hydrogen) atoms. The molecule has 1 aromatic heterocycles. The Morgan fingerprint density at radius 2 is 2.18 bits per heavy atom. The van der Waals surface area contributed by atoms with Crippen LogP contribution in [0.3, 0.4) is 0 Å². The molecule has 0 bridgehead atoms. The third-order valence-electron chi connectivity index (χ3n) is 2.09. The Labute approximate surface area is 99.2 Å². The molecule has 0 saturated heterocycles. The molecule has 0 aliphatic heterocycles. The van der Waals surface area contributed by atoms with Crippen molar-refractivity contribution in [3.05, 3.63) is 48.3 Å². The summed E-state index contributed by atoms with van der Waals surface area (Å²) in [6.45, 7) is 0.577. The van der Waals surface area contributed by atoms with E-state index in [1.54, 1.807) is 29.1 Å². The summed E-state index contributed by atoms with van der Waals surface area (Å²) in [7, 11) is -3.73. The molecule has 3 N–H and O–H groups in total. The van der Waals surface area contributed by atoms with Crippen LogP contribution in [0.1, 0.15) is 5.56 Å². The zero-order valence-corrected chi connectivity index (χ0v) is 9.76. The molecule has 0 aliphatic rings. The van der Waals surface area contributed by atoms with Gasteiger partial charge in [-0.1, -0.05) is 12.1 Å². The second-order valence-corrected chi connectivity index (χ2v) is 4.85. The van der Waals surface area contributed by atoms with Gasteiger partial charge in [-0.3, -0.25) is 9.40 Å². The first kappa shape index (κ1) is 11.6. The summed E-state index contributed by atoms with van der Waals surface area (Å²) in [5.41, 5.74) is 1.37. The second kappa shape index (κ2) is 4.56. The highest BCUT2D eigenvalue weighted by molar-refractivity contribution is 7.90. The maximum Gasteiger partial charge on any atom is 0.296 e. The van der Waals surface area contributed by atoms with Crippen molar-refractivity contribution in [2.75, 3.05) is 4.72 Å². The number of hydrogen-bond donors (Lipinski definition) is 2. The average molecular weight is 252 g/mol. The topological polar surface area (TPSA) is 90.0 Å². The van der Waals surface area contributed by atoms with Crippen LogP contribution in [0.5, 0.6) is 0 Å². The first-order valence-electron chi connectivity index (χ1n) is 4.90. The SMILES string of the molecule is NS(=O)(=O)Nc1cccc(Cn2cccn2)c1. The monoisotopic (exact) mass is 252 g/mol. The van der Waals surface area contributed by atoms with Gasteiger partial charge in [0, 0.05) is 12.4 Å². The molecule has 2 rings (SSSR count). The molecular weight excluding hydrogens is 240 g/mol. The van der Waals surface area contributed by atoms with Gasteiger partial charge in [0.15, 0.2) is 0 Å². The standard InChI is InChI=1S/C10H12N4O2S/c11-17(15,16)13-10-4-1-3-9(7-10)8-14-6-2-5-12-14/h1-7,13H,8H2,(H2,11,15,16). The Morgan fingerprint density at radius 3 is 2.82 bits per heavy atom. The van der Waals surface area contributed by atoms with Crippen molar-refractivity contribution in [1.82, 2.24) is 9.78 Å². The molecule has 0 saturated carbocycles. The van der Waals surface area contributed by atoms with Crippen LogP contribution in [0.4, 0.5) is 5.69 Å². The summed E-state index contributed by atoms with van der Waals surface area (Å²) in [6.07, 6.45) is 3.52. The Balaban J connectivity index is 2.17. The molecule has 0 atom stereocenters. The van der Waals surface area contributed by atoms with E-state index in [2.05, 4.69) is 9.82 Å². The Morgan fingerprint density at radius 1 is 1.35 bits per heavy atom. The largest absolute Gasteiger partial charge is 0.296 e. The summed E-state index contributed by atoms with van der Waals surface area (Å²) in [5, 5.41) is 8.97. The zero-order chi connectivity index (χ0) is 12.3. The van der Waals surface area contributed by atoms with Gasteiger partial charge >= 0.3 is 0 Å². The number of aromatic nitrogens is 2. The fourth-order valence-electron chi connectivity index (χ4n) is 1.48. The summed E-state index contributed by atoms with van der Waals surface area (Å²) in [6, 6.07) is 8.82. The van der Waals surface area contributed by atoms with Crippen LogP contribution in [0, 0.1) is 0 Å². The van der Waals surface area contributed by atoms with Crippen molar-refractivity contribution in [1.29, 1.82) is 0 Å². The van der Waals surface area contributed by atoms with Crippen LogP contribution in [0.2, 0.25) is 0 Å². The molecule has 0 aliphatic carbocycles. The molecule has 0 radical (unpaired) electrons. The summed E-state index contributed by atoms with van der Waals surface area (Å²) < 4.78 is 25.7. The van der Waals surface area contributed by atoms with Crippen LogP contribution in [0.25, 0.3) is 0 Å². The van der Waals surface area contributed by atoms with Gasteiger partial charge in [-0.15, -0.1) is 0 Å². The Hall–Kier alpha value is -1.86. The molecule has 2 aromatic rings. The Bertz CT molecular complexity index is 593. The lowest BCUT2D eigenvalue weighted by atomic mass is 10.2. The van der Waals surface area contributed by atoms with E-state index in [-0.39, 0.29) is 0 Å². The predicted octanol–water partition coefficient (Wildman–Crippen LogP) is 0.547. The first-order chi connectivity index (χ1) is 8.03. The zero-order valence-electron chi connectivity index (χ0n) is 8.95. The van der Waals surface area contributed by atoms with E-state index in [0.29, 0.717) is 12.2 Å². The van der Waals surface area contributed by atoms with Gasteiger partial charge in [0.25, 0.3) is 10.2 Å². The number of nitrogens with zero attached hydrogens (tertiary/aromatic N) is 2. The van der Waals surface area contributed by atoms with E-state index in [4.69, 9.17) is 5.14 Å². The lowest BCUT2D eigenvalue weighted by Gasteiger charge is -2.06. The molecule has 7 heteroatoms. The normalized spacial score (nSPS) is 11.4. The van der Waals surface area contributed by atoms with E-state index in [0.717, 1.165) is 5.56 Å². The van der Waals surface area contributed by atoms with Gasteiger partial charge in [-0.25, -0.2) is 5.14 Å². The summed E-state index contributed by atoms with van der Waals surface area (Å²) in [4.78, 5) is 0. The number of nitrogens with two attached hydrogens (primary N) is 1. The molecule has 0 unspecified atom stereocenters. The Kier molecular flexibility index (Phi) is 3.12. The minimum absolute atomic E-state index is 0.442. The third kappa shape index (κ3) is 3.58. The fourth-order valence-corrected chi connectivity index (χ4v) is 1.93. The summed E-state index contributed by atoms with van der Waals surface area (Å²) >= 11 is 0. The molecule has 0 amide bonds. The van der Waals surface area contributed by atoms with Crippen molar-refractivity contribution >= 4 is 15.9 Å². The van der Waals surface area contributed by atoms with Crippen LogP contribution < -0.4 is 9.86 Å². The molecule has 1 heterocycles. The van der Waals surface area contributed by atoms with Crippen LogP contribution in [-0.4, -0.2) is 18.2 Å². The highest BCUT2D eigenvalue weighted by Crippen LogP contribution is 2.12. The van der Waals surface area contributed by atoms with Gasteiger partial charge in [-0.2, -0.15) is 13.5 Å². The molecule has 0 fully saturated rings. The van der Waals surface area contributed by atoms with Gasteiger partial charge in [-0.05, 0) is 23.8 Å². The minimum Gasteiger partial charge on any atom is -0.271 e. The molecule has 90 valence electrons. The van der Waals surface area contributed by atoms with Crippen molar-refractivity contribution in [2.24, 2.45) is 5.14 Å². The van der Waals surface area contributed by atoms with Gasteiger partial charge in [0.2, 0.25) is 0 Å². The predicted molar refractivity (Wildman–Crippen MR) is 64.5 cm³/mol. The van der Waals surface area contributed by atoms with E-state index < -0.39 is 10.2 Å². The van der Waals surface area contributed by atoms with Crippen LogP contribution in [-0.2, 0) is 16.8 Å². The van der Waals surface area contributed by atoms with Crippen molar-refractivity contribution < 1.29 is 8.42 Å². The van der Waals surface area contributed by atoms with E-state index in [1.807, 2.05) is 18.3 Å². The highest BCUT2D eigenvalue weighted by atomic mass is 32.2. The average Bonchev–Trinajstić information content (AvgIpc) is 2.68. The van der Waals surface area contributed by atoms with Crippen molar-refractivity contribution in [3.8, 4) is 0 Å². The first-order valence-corrected chi connectivity index (χ1v) is 6.44. The van der Waals surface area contributed by atoms with Crippen molar-refractivity contribution in [3.63, 3.8) is 0 Å². The lowest BCUT2D eigenvalue weighted by molar-refractivity contribution is 0.603. The van der Waals surface area contributed by atoms with Crippen LogP contribution in [0.15, 0.2) is 42.7 Å². The molecular formula is C10H12N4O2S. The lowest BCUT2D eigenvalue weighted by Crippen LogP contribution is -2.21. The van der Waals surface area contributed by atoms with Gasteiger partial charge in [0.1, 0.15) is 0 Å². The molecule has 1 aromatic carbocycles. The smallest absolute Gasteiger partial charge is 0.271 e. The van der Waals surface area contributed by atoms with Gasteiger partial charge < -0.3 is 0 Å². The third-order valence-corrected chi connectivity index (χ3v) is 2.61. The maximum absolute atomic E-state index is 10.9. The second-order valence-electron chi connectivity index (χ2n) is 3.55. The van der Waals surface area contributed by atoms with E-state index in [9.17, 15) is 8.42 Å². The van der Waals surface area contributed by atoms with Gasteiger partial charge in [0.05, 0.1) is 12.2 Å². The number of anilines is 1. The number of rotatable bonds is 4. The summed E-state index contributed by atoms with van der Waals surface area (Å²) in [5.74, 6) is 0. The minimum atomic E-state index is -3.73. The van der Waals surface area contributed by atoms with Crippen molar-refractivity contribution in [2.45, 2.75) is 6.54 Å². The van der Waals surface area contributed by atoms with Crippen LogP contribution >= 0.6 is 0 Å². The van der Waals surface area contributed by atoms with E-state index in [1.165, 1.54) is 0 Å². The number of benzene rings is 1.